The Bertz CT molecular complexity index is 459. The number of nitrogens with one attached hydrogen (secondary N) is 1. The molecule has 0 saturated heterocycles. The number of rotatable bonds is 4. The lowest BCUT2D eigenvalue weighted by Crippen LogP contribution is -2.22. The summed E-state index contributed by atoms with van der Waals surface area (Å²) in [6.45, 7) is 3.19. The summed E-state index contributed by atoms with van der Waals surface area (Å²) in [5.74, 6) is 1.06. The van der Waals surface area contributed by atoms with Crippen LogP contribution in [0.3, 0.4) is 0 Å². The minimum atomic E-state index is -0.417. The molecule has 0 heterocycles. The summed E-state index contributed by atoms with van der Waals surface area (Å²) in [5.41, 5.74) is 13.1. The Kier molecular flexibility index (Phi) is 4.30. The van der Waals surface area contributed by atoms with Crippen LogP contribution < -0.4 is 16.8 Å². The van der Waals surface area contributed by atoms with Crippen LogP contribution in [0, 0.1) is 11.8 Å². The second-order valence-electron chi connectivity index (χ2n) is 5.69. The van der Waals surface area contributed by atoms with E-state index in [2.05, 4.69) is 12.2 Å². The van der Waals surface area contributed by atoms with Gasteiger partial charge < -0.3 is 16.8 Å². The molecule has 1 aliphatic rings. The van der Waals surface area contributed by atoms with Crippen LogP contribution in [0.15, 0.2) is 18.2 Å². The highest BCUT2D eigenvalue weighted by Crippen LogP contribution is 2.29. The first-order chi connectivity index (χ1) is 9.06. The van der Waals surface area contributed by atoms with E-state index >= 15 is 0 Å². The van der Waals surface area contributed by atoms with Crippen molar-refractivity contribution in [1.29, 1.82) is 0 Å². The molecule has 1 aromatic carbocycles. The van der Waals surface area contributed by atoms with Crippen LogP contribution in [0.4, 0.5) is 11.4 Å². The van der Waals surface area contributed by atoms with Gasteiger partial charge in [-0.15, -0.1) is 0 Å². The van der Waals surface area contributed by atoms with E-state index in [9.17, 15) is 4.79 Å². The number of primary amides is 1. The van der Waals surface area contributed by atoms with Crippen molar-refractivity contribution in [3.8, 4) is 0 Å². The summed E-state index contributed by atoms with van der Waals surface area (Å²) in [5, 5.41) is 3.34. The van der Waals surface area contributed by atoms with Crippen LogP contribution in [-0.4, -0.2) is 12.5 Å². The standard InChI is InChI=1S/C15H23N3O/c1-10-3-2-4-11(7-10)9-18-14-8-12(16)5-6-13(14)15(17)19/h5-6,8,10-11,18H,2-4,7,9,16H2,1H3,(H2,17,19). The number of benzene rings is 1. The Morgan fingerprint density at radius 1 is 1.42 bits per heavy atom. The molecular weight excluding hydrogens is 238 g/mol. The maximum Gasteiger partial charge on any atom is 0.250 e. The molecule has 4 nitrogen and oxygen atoms in total. The molecule has 0 aliphatic heterocycles. The minimum Gasteiger partial charge on any atom is -0.399 e. The Morgan fingerprint density at radius 3 is 2.89 bits per heavy atom. The van der Waals surface area contributed by atoms with Crippen molar-refractivity contribution < 1.29 is 4.79 Å². The normalized spacial score (nSPS) is 23.0. The summed E-state index contributed by atoms with van der Waals surface area (Å²) in [6, 6.07) is 5.17. The van der Waals surface area contributed by atoms with Gasteiger partial charge in [0.15, 0.2) is 0 Å². The third-order valence-corrected chi connectivity index (χ3v) is 3.94. The predicted octanol–water partition coefficient (Wildman–Crippen LogP) is 2.61. The number of amides is 1. The highest BCUT2D eigenvalue weighted by Gasteiger charge is 2.19. The van der Waals surface area contributed by atoms with Crippen molar-refractivity contribution in [3.63, 3.8) is 0 Å². The number of anilines is 2. The average Bonchev–Trinajstić information content (AvgIpc) is 2.36. The molecule has 0 spiro atoms. The van der Waals surface area contributed by atoms with E-state index in [1.54, 1.807) is 18.2 Å². The lowest BCUT2D eigenvalue weighted by atomic mass is 9.82. The first-order valence-electron chi connectivity index (χ1n) is 6.99. The van der Waals surface area contributed by atoms with Crippen molar-refractivity contribution >= 4 is 17.3 Å². The van der Waals surface area contributed by atoms with Crippen LogP contribution in [0.25, 0.3) is 0 Å². The Morgan fingerprint density at radius 2 is 2.21 bits per heavy atom. The van der Waals surface area contributed by atoms with Crippen LogP contribution in [-0.2, 0) is 0 Å². The second-order valence-corrected chi connectivity index (χ2v) is 5.69. The van der Waals surface area contributed by atoms with Crippen molar-refractivity contribution in [1.82, 2.24) is 0 Å². The summed E-state index contributed by atoms with van der Waals surface area (Å²) < 4.78 is 0. The van der Waals surface area contributed by atoms with Crippen molar-refractivity contribution in [2.45, 2.75) is 32.6 Å². The van der Waals surface area contributed by atoms with Gasteiger partial charge in [0.25, 0.3) is 5.91 Å². The molecule has 1 saturated carbocycles. The zero-order valence-corrected chi connectivity index (χ0v) is 11.5. The molecule has 4 heteroatoms. The van der Waals surface area contributed by atoms with E-state index < -0.39 is 5.91 Å². The van der Waals surface area contributed by atoms with Gasteiger partial charge in [-0.25, -0.2) is 0 Å². The van der Waals surface area contributed by atoms with E-state index in [1.165, 1.54) is 25.7 Å². The maximum absolute atomic E-state index is 11.4. The van der Waals surface area contributed by atoms with Gasteiger partial charge in [0.1, 0.15) is 0 Å². The van der Waals surface area contributed by atoms with E-state index in [-0.39, 0.29) is 0 Å². The van der Waals surface area contributed by atoms with E-state index in [1.807, 2.05) is 0 Å². The van der Waals surface area contributed by atoms with Crippen LogP contribution in [0.5, 0.6) is 0 Å². The molecule has 1 aliphatic carbocycles. The summed E-state index contributed by atoms with van der Waals surface area (Å²) in [4.78, 5) is 11.4. The monoisotopic (exact) mass is 261 g/mol. The zero-order chi connectivity index (χ0) is 13.8. The molecular formula is C15H23N3O. The highest BCUT2D eigenvalue weighted by molar-refractivity contribution is 5.99. The molecule has 0 bridgehead atoms. The largest absolute Gasteiger partial charge is 0.399 e. The van der Waals surface area contributed by atoms with Gasteiger partial charge in [-0.3, -0.25) is 4.79 Å². The summed E-state index contributed by atoms with van der Waals surface area (Å²) in [6.07, 6.45) is 5.14. The third-order valence-electron chi connectivity index (χ3n) is 3.94. The maximum atomic E-state index is 11.4. The molecule has 104 valence electrons. The minimum absolute atomic E-state index is 0.417. The van der Waals surface area contributed by atoms with E-state index in [0.717, 1.165) is 18.2 Å². The van der Waals surface area contributed by atoms with Gasteiger partial charge in [0.2, 0.25) is 0 Å². The first kappa shape index (κ1) is 13.7. The fourth-order valence-corrected chi connectivity index (χ4v) is 2.92. The SMILES string of the molecule is CC1CCCC(CNc2cc(N)ccc2C(N)=O)C1. The Hall–Kier alpha value is -1.71. The molecule has 2 atom stereocenters. The number of carbonyl (C=O) groups excluding carboxylic acids is 1. The smallest absolute Gasteiger partial charge is 0.250 e. The summed E-state index contributed by atoms with van der Waals surface area (Å²) >= 11 is 0. The molecule has 1 fully saturated rings. The predicted molar refractivity (Wildman–Crippen MR) is 79.0 cm³/mol. The van der Waals surface area contributed by atoms with Gasteiger partial charge >= 0.3 is 0 Å². The lowest BCUT2D eigenvalue weighted by molar-refractivity contribution is 0.100. The first-order valence-corrected chi connectivity index (χ1v) is 6.99. The average molecular weight is 261 g/mol. The quantitative estimate of drug-likeness (QED) is 0.729. The Balaban J connectivity index is 2.02. The van der Waals surface area contributed by atoms with Crippen LogP contribution >= 0.6 is 0 Å². The number of carbonyl (C=O) groups is 1. The molecule has 1 aromatic rings. The van der Waals surface area contributed by atoms with Crippen molar-refractivity contribution in [3.05, 3.63) is 23.8 Å². The van der Waals surface area contributed by atoms with Gasteiger partial charge in [0.05, 0.1) is 5.56 Å². The Labute approximate surface area is 114 Å². The zero-order valence-electron chi connectivity index (χ0n) is 11.5. The third kappa shape index (κ3) is 3.63. The van der Waals surface area contributed by atoms with Crippen LogP contribution in [0.1, 0.15) is 43.0 Å². The molecule has 0 aromatic heterocycles. The van der Waals surface area contributed by atoms with Crippen LogP contribution in [0.2, 0.25) is 0 Å². The number of nitrogens with two attached hydrogens (primary N) is 2. The fourth-order valence-electron chi connectivity index (χ4n) is 2.92. The van der Waals surface area contributed by atoms with Crippen molar-refractivity contribution in [2.75, 3.05) is 17.6 Å². The number of hydrogen-bond donors (Lipinski definition) is 3. The molecule has 0 radical (unpaired) electrons. The van der Waals surface area contributed by atoms with E-state index in [0.29, 0.717) is 17.2 Å². The second kappa shape index (κ2) is 5.95. The fraction of sp³-hybridized carbons (Fsp3) is 0.533. The lowest BCUT2D eigenvalue weighted by Gasteiger charge is -2.27. The van der Waals surface area contributed by atoms with Gasteiger partial charge in [-0.05, 0) is 42.9 Å². The van der Waals surface area contributed by atoms with Crippen molar-refractivity contribution in [2.24, 2.45) is 17.6 Å². The molecule has 5 N–H and O–H groups in total. The number of hydrogen-bond acceptors (Lipinski definition) is 3. The molecule has 2 unspecified atom stereocenters. The van der Waals surface area contributed by atoms with Gasteiger partial charge in [-0.2, -0.15) is 0 Å². The molecule has 2 rings (SSSR count). The topological polar surface area (TPSA) is 81.1 Å². The number of nitrogen functional groups attached to an aromatic ring is 1. The highest BCUT2D eigenvalue weighted by atomic mass is 16.1. The van der Waals surface area contributed by atoms with Gasteiger partial charge in [-0.1, -0.05) is 19.8 Å². The van der Waals surface area contributed by atoms with Gasteiger partial charge in [0, 0.05) is 17.9 Å². The molecule has 19 heavy (non-hydrogen) atoms. The molecule has 1 amide bonds. The summed E-state index contributed by atoms with van der Waals surface area (Å²) in [7, 11) is 0. The van der Waals surface area contributed by atoms with E-state index in [4.69, 9.17) is 11.5 Å².